The lowest BCUT2D eigenvalue weighted by Gasteiger charge is -2.36. The van der Waals surface area contributed by atoms with Crippen molar-refractivity contribution >= 4 is 28.9 Å². The van der Waals surface area contributed by atoms with Crippen molar-refractivity contribution < 1.29 is 27.9 Å². The second-order valence-electron chi connectivity index (χ2n) is 7.70. The second kappa shape index (κ2) is 9.21. The largest absolute Gasteiger partial charge is 0.480 e. The van der Waals surface area contributed by atoms with Crippen molar-refractivity contribution in [2.24, 2.45) is 5.92 Å². The topological polar surface area (TPSA) is 104 Å². The SMILES string of the molecule is CC(NC(=O)c1cnc(CNc2ccnc(C(F)(F)F)c2)s1)(C(=O)O)C1CCCCC1. The second-order valence-corrected chi connectivity index (χ2v) is 8.81. The van der Waals surface area contributed by atoms with Gasteiger partial charge in [0.25, 0.3) is 5.91 Å². The third-order valence-corrected chi connectivity index (χ3v) is 6.51. The highest BCUT2D eigenvalue weighted by atomic mass is 32.1. The lowest BCUT2D eigenvalue weighted by atomic mass is 9.75. The Kier molecular flexibility index (Phi) is 6.83. The Labute approximate surface area is 181 Å². The normalized spacial score (nSPS) is 17.0. The zero-order chi connectivity index (χ0) is 22.6. The molecule has 0 saturated heterocycles. The number of anilines is 1. The number of thiazole rings is 1. The zero-order valence-electron chi connectivity index (χ0n) is 16.8. The Morgan fingerprint density at radius 2 is 1.94 bits per heavy atom. The van der Waals surface area contributed by atoms with E-state index in [1.807, 2.05) is 0 Å². The van der Waals surface area contributed by atoms with E-state index in [0.29, 0.717) is 5.01 Å². The fourth-order valence-corrected chi connectivity index (χ4v) is 4.43. The Morgan fingerprint density at radius 3 is 2.58 bits per heavy atom. The standard InChI is InChI=1S/C20H23F3N4O3S/c1-19(18(29)30,12-5-3-2-4-6-12)27-17(28)14-10-26-16(31-14)11-25-13-7-8-24-15(9-13)20(21,22)23/h7-10,12H,2-6,11H2,1H3,(H,24,25)(H,27,28)(H,29,30). The number of carbonyl (C=O) groups is 2. The van der Waals surface area contributed by atoms with E-state index in [0.717, 1.165) is 55.7 Å². The molecular weight excluding hydrogens is 433 g/mol. The molecular formula is C20H23F3N4O3S. The first-order valence-corrected chi connectivity index (χ1v) is 10.7. The van der Waals surface area contributed by atoms with Crippen molar-refractivity contribution in [1.29, 1.82) is 0 Å². The van der Waals surface area contributed by atoms with Crippen LogP contribution >= 0.6 is 11.3 Å². The summed E-state index contributed by atoms with van der Waals surface area (Å²) in [7, 11) is 0. The van der Waals surface area contributed by atoms with Gasteiger partial charge in [0.05, 0.1) is 12.7 Å². The summed E-state index contributed by atoms with van der Waals surface area (Å²) in [5, 5.41) is 15.7. The molecule has 1 amide bonds. The van der Waals surface area contributed by atoms with Crippen molar-refractivity contribution in [2.45, 2.75) is 57.3 Å². The van der Waals surface area contributed by atoms with E-state index in [2.05, 4.69) is 20.6 Å². The van der Waals surface area contributed by atoms with E-state index >= 15 is 0 Å². The number of hydrogen-bond acceptors (Lipinski definition) is 6. The van der Waals surface area contributed by atoms with E-state index in [1.54, 1.807) is 0 Å². The summed E-state index contributed by atoms with van der Waals surface area (Å²) >= 11 is 1.05. The quantitative estimate of drug-likeness (QED) is 0.573. The smallest absolute Gasteiger partial charge is 0.433 e. The Hall–Kier alpha value is -2.69. The Morgan fingerprint density at radius 1 is 1.23 bits per heavy atom. The molecule has 7 nitrogen and oxygen atoms in total. The Bertz CT molecular complexity index is 944. The number of alkyl halides is 3. The number of carboxylic acid groups (broad SMARTS) is 1. The fourth-order valence-electron chi connectivity index (χ4n) is 3.68. The summed E-state index contributed by atoms with van der Waals surface area (Å²) in [6.45, 7) is 1.65. The molecule has 1 saturated carbocycles. The van der Waals surface area contributed by atoms with Crippen molar-refractivity contribution in [2.75, 3.05) is 5.32 Å². The molecule has 3 N–H and O–H groups in total. The van der Waals surface area contributed by atoms with Crippen LogP contribution < -0.4 is 10.6 Å². The van der Waals surface area contributed by atoms with Gasteiger partial charge in [-0.05, 0) is 37.8 Å². The van der Waals surface area contributed by atoms with E-state index in [9.17, 15) is 27.9 Å². The molecule has 3 rings (SSSR count). The molecule has 2 aromatic rings. The molecule has 0 aromatic carbocycles. The molecule has 1 fully saturated rings. The number of rotatable bonds is 7. The minimum atomic E-state index is -4.54. The predicted molar refractivity (Wildman–Crippen MR) is 109 cm³/mol. The molecule has 0 spiro atoms. The first-order valence-electron chi connectivity index (χ1n) is 9.87. The van der Waals surface area contributed by atoms with Gasteiger partial charge in [-0.1, -0.05) is 19.3 Å². The van der Waals surface area contributed by atoms with Crippen molar-refractivity contribution in [3.05, 3.63) is 40.1 Å². The molecule has 11 heteroatoms. The highest BCUT2D eigenvalue weighted by molar-refractivity contribution is 7.13. The maximum atomic E-state index is 12.8. The number of carbonyl (C=O) groups excluding carboxylic acids is 1. The fraction of sp³-hybridized carbons (Fsp3) is 0.500. The molecule has 1 aliphatic carbocycles. The third-order valence-electron chi connectivity index (χ3n) is 5.51. The van der Waals surface area contributed by atoms with Crippen LogP contribution in [0.2, 0.25) is 0 Å². The number of nitrogens with one attached hydrogen (secondary N) is 2. The first kappa shape index (κ1) is 23.0. The van der Waals surface area contributed by atoms with Crippen molar-refractivity contribution in [3.8, 4) is 0 Å². The minimum Gasteiger partial charge on any atom is -0.480 e. The highest BCUT2D eigenvalue weighted by Gasteiger charge is 2.43. The van der Waals surface area contributed by atoms with Gasteiger partial charge in [-0.25, -0.2) is 9.78 Å². The molecule has 2 aromatic heterocycles. The van der Waals surface area contributed by atoms with Gasteiger partial charge < -0.3 is 15.7 Å². The zero-order valence-corrected chi connectivity index (χ0v) is 17.6. The maximum Gasteiger partial charge on any atom is 0.433 e. The number of halogens is 3. The van der Waals surface area contributed by atoms with Crippen LogP contribution in [0.3, 0.4) is 0 Å². The van der Waals surface area contributed by atoms with E-state index in [-0.39, 0.29) is 23.0 Å². The summed E-state index contributed by atoms with van der Waals surface area (Å²) < 4.78 is 38.3. The summed E-state index contributed by atoms with van der Waals surface area (Å²) in [6, 6.07) is 2.29. The lowest BCUT2D eigenvalue weighted by molar-refractivity contribution is -0.146. The number of pyridine rings is 1. The van der Waals surface area contributed by atoms with Gasteiger partial charge >= 0.3 is 12.1 Å². The maximum absolute atomic E-state index is 12.8. The monoisotopic (exact) mass is 456 g/mol. The summed E-state index contributed by atoms with van der Waals surface area (Å²) in [6.07, 6.45) is 2.28. The van der Waals surface area contributed by atoms with Crippen LogP contribution in [0.4, 0.5) is 18.9 Å². The van der Waals surface area contributed by atoms with Gasteiger partial charge in [0.2, 0.25) is 0 Å². The predicted octanol–water partition coefficient (Wildman–Crippen LogP) is 4.32. The van der Waals surface area contributed by atoms with Gasteiger partial charge in [0, 0.05) is 11.9 Å². The van der Waals surface area contributed by atoms with Gasteiger partial charge in [0.1, 0.15) is 21.1 Å². The molecule has 168 valence electrons. The van der Waals surface area contributed by atoms with Crippen LogP contribution in [0.1, 0.15) is 59.4 Å². The number of amides is 1. The van der Waals surface area contributed by atoms with Crippen LogP contribution in [0, 0.1) is 5.92 Å². The third kappa shape index (κ3) is 5.52. The lowest BCUT2D eigenvalue weighted by Crippen LogP contribution is -2.57. The molecule has 1 unspecified atom stereocenters. The molecule has 0 aliphatic heterocycles. The average Bonchev–Trinajstić information content (AvgIpc) is 3.21. The number of aromatic nitrogens is 2. The molecule has 31 heavy (non-hydrogen) atoms. The van der Waals surface area contributed by atoms with Crippen LogP contribution in [0.15, 0.2) is 24.5 Å². The molecule has 0 bridgehead atoms. The van der Waals surface area contributed by atoms with E-state index < -0.39 is 29.3 Å². The van der Waals surface area contributed by atoms with E-state index in [1.165, 1.54) is 19.2 Å². The van der Waals surface area contributed by atoms with Gasteiger partial charge in [-0.15, -0.1) is 11.3 Å². The summed E-state index contributed by atoms with van der Waals surface area (Å²) in [5.41, 5.74) is -2.16. The summed E-state index contributed by atoms with van der Waals surface area (Å²) in [4.78, 5) is 32.3. The molecule has 0 radical (unpaired) electrons. The molecule has 1 atom stereocenters. The van der Waals surface area contributed by atoms with Gasteiger partial charge in [-0.2, -0.15) is 13.2 Å². The van der Waals surface area contributed by atoms with Gasteiger partial charge in [0.15, 0.2) is 0 Å². The van der Waals surface area contributed by atoms with Crippen LogP contribution in [0.25, 0.3) is 0 Å². The van der Waals surface area contributed by atoms with Gasteiger partial charge in [-0.3, -0.25) is 9.78 Å². The number of carboxylic acids is 1. The van der Waals surface area contributed by atoms with Crippen LogP contribution in [-0.2, 0) is 17.5 Å². The number of nitrogens with zero attached hydrogens (tertiary/aromatic N) is 2. The first-order chi connectivity index (χ1) is 14.6. The molecule has 1 aliphatic rings. The van der Waals surface area contributed by atoms with Crippen LogP contribution in [0.5, 0.6) is 0 Å². The number of aliphatic carboxylic acids is 1. The van der Waals surface area contributed by atoms with Crippen LogP contribution in [-0.4, -0.2) is 32.5 Å². The van der Waals surface area contributed by atoms with Crippen molar-refractivity contribution in [3.63, 3.8) is 0 Å². The number of hydrogen-bond donors (Lipinski definition) is 3. The summed E-state index contributed by atoms with van der Waals surface area (Å²) in [5.74, 6) is -1.74. The van der Waals surface area contributed by atoms with Crippen molar-refractivity contribution in [1.82, 2.24) is 15.3 Å². The highest BCUT2D eigenvalue weighted by Crippen LogP contribution is 2.33. The average molecular weight is 456 g/mol. The Balaban J connectivity index is 1.64. The van der Waals surface area contributed by atoms with E-state index in [4.69, 9.17) is 0 Å². The minimum absolute atomic E-state index is 0.109. The molecule has 2 heterocycles.